The molecule has 0 aromatic carbocycles. The Morgan fingerprint density at radius 3 is 2.75 bits per heavy atom. The van der Waals surface area contributed by atoms with Crippen LogP contribution in [0.4, 0.5) is 10.6 Å². The van der Waals surface area contributed by atoms with Crippen LogP contribution in [-0.2, 0) is 7.05 Å². The van der Waals surface area contributed by atoms with E-state index in [4.69, 9.17) is 5.11 Å². The van der Waals surface area contributed by atoms with Crippen LogP contribution in [0.2, 0.25) is 0 Å². The SMILES string of the molecule is CN(C(=O)O)c1c(I)cnn1C. The van der Waals surface area contributed by atoms with E-state index in [0.717, 1.165) is 8.47 Å². The third-order valence-electron chi connectivity index (χ3n) is 1.47. The van der Waals surface area contributed by atoms with Gasteiger partial charge < -0.3 is 5.11 Å². The third kappa shape index (κ3) is 1.52. The van der Waals surface area contributed by atoms with Crippen LogP contribution in [0.15, 0.2) is 6.20 Å². The number of hydrogen-bond donors (Lipinski definition) is 1. The quantitative estimate of drug-likeness (QED) is 0.785. The molecule has 1 N–H and O–H groups in total. The first-order valence-electron chi connectivity index (χ1n) is 3.18. The number of halogens is 1. The number of nitrogens with zero attached hydrogens (tertiary/aromatic N) is 3. The van der Waals surface area contributed by atoms with E-state index in [9.17, 15) is 4.79 Å². The first kappa shape index (κ1) is 9.30. The van der Waals surface area contributed by atoms with Gasteiger partial charge in [-0.05, 0) is 22.6 Å². The number of rotatable bonds is 1. The Bertz CT molecular complexity index is 290. The molecule has 0 aliphatic carbocycles. The van der Waals surface area contributed by atoms with Gasteiger partial charge in [0.2, 0.25) is 0 Å². The zero-order chi connectivity index (χ0) is 9.30. The molecular weight excluding hydrogens is 273 g/mol. The average molecular weight is 281 g/mol. The Labute approximate surface area is 83.1 Å². The van der Waals surface area contributed by atoms with Crippen molar-refractivity contribution in [2.24, 2.45) is 7.05 Å². The standard InChI is InChI=1S/C6H8IN3O2/c1-9(6(11)12)5-4(7)3-8-10(5)2/h3H,1-2H3,(H,11,12). The lowest BCUT2D eigenvalue weighted by Gasteiger charge is -2.12. The van der Waals surface area contributed by atoms with E-state index in [1.165, 1.54) is 11.7 Å². The molecule has 66 valence electrons. The van der Waals surface area contributed by atoms with Gasteiger partial charge in [0.25, 0.3) is 0 Å². The summed E-state index contributed by atoms with van der Waals surface area (Å²) in [4.78, 5) is 11.7. The minimum atomic E-state index is -0.989. The first-order chi connectivity index (χ1) is 5.54. The summed E-state index contributed by atoms with van der Waals surface area (Å²) >= 11 is 2.04. The Hall–Kier alpha value is -0.790. The van der Waals surface area contributed by atoms with Crippen molar-refractivity contribution in [3.63, 3.8) is 0 Å². The molecule has 1 heterocycles. The Morgan fingerprint density at radius 1 is 1.83 bits per heavy atom. The summed E-state index contributed by atoms with van der Waals surface area (Å²) in [5.74, 6) is 0.586. The molecule has 0 saturated heterocycles. The molecule has 0 radical (unpaired) electrons. The van der Waals surface area contributed by atoms with Gasteiger partial charge in [-0.2, -0.15) is 5.10 Å². The van der Waals surface area contributed by atoms with Crippen molar-refractivity contribution < 1.29 is 9.90 Å². The van der Waals surface area contributed by atoms with E-state index in [2.05, 4.69) is 5.10 Å². The maximum absolute atomic E-state index is 10.6. The molecular formula is C6H8IN3O2. The summed E-state index contributed by atoms with van der Waals surface area (Å²) in [6.45, 7) is 0. The van der Waals surface area contributed by atoms with Gasteiger partial charge in [0.05, 0.1) is 9.77 Å². The van der Waals surface area contributed by atoms with E-state index < -0.39 is 6.09 Å². The van der Waals surface area contributed by atoms with Crippen molar-refractivity contribution in [1.29, 1.82) is 0 Å². The van der Waals surface area contributed by atoms with Gasteiger partial charge in [-0.15, -0.1) is 0 Å². The van der Waals surface area contributed by atoms with Crippen molar-refractivity contribution in [2.75, 3.05) is 11.9 Å². The molecule has 0 bridgehead atoms. The Balaban J connectivity index is 3.08. The zero-order valence-electron chi connectivity index (χ0n) is 6.65. The van der Waals surface area contributed by atoms with Crippen LogP contribution in [0.3, 0.4) is 0 Å². The molecule has 1 rings (SSSR count). The van der Waals surface area contributed by atoms with Gasteiger partial charge in [0.1, 0.15) is 5.82 Å². The molecule has 0 atom stereocenters. The normalized spacial score (nSPS) is 9.92. The highest BCUT2D eigenvalue weighted by Crippen LogP contribution is 2.19. The van der Waals surface area contributed by atoms with Crippen LogP contribution in [0, 0.1) is 3.57 Å². The lowest BCUT2D eigenvalue weighted by Crippen LogP contribution is -2.26. The highest BCUT2D eigenvalue weighted by atomic mass is 127. The molecule has 6 heteroatoms. The minimum Gasteiger partial charge on any atom is -0.465 e. The van der Waals surface area contributed by atoms with E-state index in [0.29, 0.717) is 5.82 Å². The number of amides is 1. The number of hydrogen-bond acceptors (Lipinski definition) is 2. The summed E-state index contributed by atoms with van der Waals surface area (Å²) in [6, 6.07) is 0. The Kier molecular flexibility index (Phi) is 2.55. The van der Waals surface area contributed by atoms with Crippen molar-refractivity contribution in [2.45, 2.75) is 0 Å². The number of aromatic nitrogens is 2. The van der Waals surface area contributed by atoms with E-state index in [-0.39, 0.29) is 0 Å². The molecule has 0 aliphatic heterocycles. The van der Waals surface area contributed by atoms with Gasteiger partial charge in [-0.3, -0.25) is 9.58 Å². The number of anilines is 1. The molecule has 0 fully saturated rings. The molecule has 0 aliphatic rings. The van der Waals surface area contributed by atoms with Crippen LogP contribution >= 0.6 is 22.6 Å². The molecule has 1 aromatic heterocycles. The fourth-order valence-electron chi connectivity index (χ4n) is 0.872. The third-order valence-corrected chi connectivity index (χ3v) is 2.23. The second-order valence-corrected chi connectivity index (χ2v) is 3.44. The van der Waals surface area contributed by atoms with E-state index >= 15 is 0 Å². The molecule has 0 unspecified atom stereocenters. The highest BCUT2D eigenvalue weighted by Gasteiger charge is 2.15. The summed E-state index contributed by atoms with van der Waals surface area (Å²) in [5, 5.41) is 12.6. The summed E-state index contributed by atoms with van der Waals surface area (Å²) in [6.07, 6.45) is 0.631. The Morgan fingerprint density at radius 2 is 2.42 bits per heavy atom. The monoisotopic (exact) mass is 281 g/mol. The molecule has 5 nitrogen and oxygen atoms in total. The predicted octanol–water partition coefficient (Wildman–Crippen LogP) is 1.14. The van der Waals surface area contributed by atoms with E-state index in [1.54, 1.807) is 13.2 Å². The minimum absolute atomic E-state index is 0.586. The van der Waals surface area contributed by atoms with Gasteiger partial charge in [-0.1, -0.05) is 0 Å². The summed E-state index contributed by atoms with van der Waals surface area (Å²) in [5.41, 5.74) is 0. The fourth-order valence-corrected chi connectivity index (χ4v) is 1.71. The van der Waals surface area contributed by atoms with Crippen LogP contribution in [0.25, 0.3) is 0 Å². The highest BCUT2D eigenvalue weighted by molar-refractivity contribution is 14.1. The zero-order valence-corrected chi connectivity index (χ0v) is 8.81. The molecule has 0 spiro atoms. The smallest absolute Gasteiger partial charge is 0.412 e. The van der Waals surface area contributed by atoms with Crippen LogP contribution < -0.4 is 4.90 Å². The first-order valence-corrected chi connectivity index (χ1v) is 4.26. The number of carboxylic acid groups (broad SMARTS) is 1. The maximum Gasteiger partial charge on any atom is 0.412 e. The number of carbonyl (C=O) groups is 1. The van der Waals surface area contributed by atoms with Gasteiger partial charge in [0, 0.05) is 14.1 Å². The van der Waals surface area contributed by atoms with Crippen molar-refractivity contribution in [3.8, 4) is 0 Å². The second kappa shape index (κ2) is 3.30. The van der Waals surface area contributed by atoms with E-state index in [1.807, 2.05) is 22.6 Å². The van der Waals surface area contributed by atoms with Crippen LogP contribution in [0.5, 0.6) is 0 Å². The molecule has 1 aromatic rings. The molecule has 1 amide bonds. The van der Waals surface area contributed by atoms with Crippen LogP contribution in [0.1, 0.15) is 0 Å². The van der Waals surface area contributed by atoms with Gasteiger partial charge in [-0.25, -0.2) is 4.79 Å². The van der Waals surface area contributed by atoms with Gasteiger partial charge >= 0.3 is 6.09 Å². The van der Waals surface area contributed by atoms with Crippen molar-refractivity contribution >= 4 is 34.5 Å². The topological polar surface area (TPSA) is 58.4 Å². The molecule has 12 heavy (non-hydrogen) atoms. The van der Waals surface area contributed by atoms with Crippen LogP contribution in [-0.4, -0.2) is 28.0 Å². The lowest BCUT2D eigenvalue weighted by atomic mass is 10.6. The predicted molar refractivity (Wildman–Crippen MR) is 52.4 cm³/mol. The maximum atomic E-state index is 10.6. The largest absolute Gasteiger partial charge is 0.465 e. The average Bonchev–Trinajstić information content (AvgIpc) is 2.30. The lowest BCUT2D eigenvalue weighted by molar-refractivity contribution is 0.203. The van der Waals surface area contributed by atoms with Crippen molar-refractivity contribution in [3.05, 3.63) is 9.77 Å². The molecule has 0 saturated carbocycles. The van der Waals surface area contributed by atoms with Gasteiger partial charge in [0.15, 0.2) is 0 Å². The second-order valence-electron chi connectivity index (χ2n) is 2.28. The fraction of sp³-hybridized carbons (Fsp3) is 0.333. The number of aryl methyl sites for hydroxylation is 1. The van der Waals surface area contributed by atoms with Crippen molar-refractivity contribution in [1.82, 2.24) is 9.78 Å². The summed E-state index contributed by atoms with van der Waals surface area (Å²) < 4.78 is 2.34. The summed E-state index contributed by atoms with van der Waals surface area (Å²) in [7, 11) is 3.19.